The average molecular weight is 467 g/mol. The van der Waals surface area contributed by atoms with Gasteiger partial charge in [-0.1, -0.05) is 19.1 Å². The summed E-state index contributed by atoms with van der Waals surface area (Å²) in [5, 5.41) is 8.85. The van der Waals surface area contributed by atoms with Crippen LogP contribution in [0.2, 0.25) is 0 Å². The van der Waals surface area contributed by atoms with Crippen molar-refractivity contribution in [3.63, 3.8) is 0 Å². The highest BCUT2D eigenvalue weighted by Crippen LogP contribution is 2.23. The van der Waals surface area contributed by atoms with Crippen molar-refractivity contribution in [1.29, 1.82) is 0 Å². The first-order valence-electron chi connectivity index (χ1n) is 10.2. The van der Waals surface area contributed by atoms with E-state index in [2.05, 4.69) is 10.2 Å². The molecule has 2 aromatic carbocycles. The maximum atomic E-state index is 13.1. The number of sulfone groups is 1. The third-order valence-electron chi connectivity index (χ3n) is 5.47. The molecule has 0 aliphatic carbocycles. The fraction of sp³-hybridized carbons (Fsp3) is 0.217. The SMILES string of the molecule is CCc1cccc(C(=O)OC)c1Cn1ncc2cc(S(=O)(=O)c3ccn(C)n3)ccc2c1=O. The number of aryl methyl sites for hydroxylation is 2. The third kappa shape index (κ3) is 4.05. The number of fused-ring (bicyclic) bond motifs is 1. The Balaban J connectivity index is 1.77. The van der Waals surface area contributed by atoms with Gasteiger partial charge in [0.1, 0.15) is 0 Å². The summed E-state index contributed by atoms with van der Waals surface area (Å²) in [6.07, 6.45) is 3.66. The molecule has 4 rings (SSSR count). The van der Waals surface area contributed by atoms with Crippen LogP contribution in [-0.4, -0.2) is 41.1 Å². The maximum absolute atomic E-state index is 13.1. The summed E-state index contributed by atoms with van der Waals surface area (Å²) in [7, 11) is -0.888. The number of methoxy groups -OCH3 is 1. The van der Waals surface area contributed by atoms with Crippen LogP contribution in [0.4, 0.5) is 0 Å². The lowest BCUT2D eigenvalue weighted by Gasteiger charge is -2.14. The Labute approximate surface area is 190 Å². The van der Waals surface area contributed by atoms with Gasteiger partial charge >= 0.3 is 5.97 Å². The van der Waals surface area contributed by atoms with Gasteiger partial charge in [0.2, 0.25) is 9.84 Å². The lowest BCUT2D eigenvalue weighted by atomic mass is 9.99. The van der Waals surface area contributed by atoms with Gasteiger partial charge in [-0.3, -0.25) is 9.48 Å². The van der Waals surface area contributed by atoms with Crippen molar-refractivity contribution >= 4 is 26.6 Å². The summed E-state index contributed by atoms with van der Waals surface area (Å²) in [6.45, 7) is 2.04. The Morgan fingerprint density at radius 3 is 2.61 bits per heavy atom. The van der Waals surface area contributed by atoms with Crippen LogP contribution >= 0.6 is 0 Å². The van der Waals surface area contributed by atoms with Gasteiger partial charge in [-0.25, -0.2) is 17.9 Å². The zero-order chi connectivity index (χ0) is 23.8. The number of carbonyl (C=O) groups is 1. The van der Waals surface area contributed by atoms with Gasteiger partial charge in [0, 0.05) is 18.6 Å². The minimum absolute atomic E-state index is 0.0250. The van der Waals surface area contributed by atoms with Gasteiger partial charge in [-0.05, 0) is 47.9 Å². The van der Waals surface area contributed by atoms with Gasteiger partial charge in [-0.15, -0.1) is 0 Å². The number of hydrogen-bond acceptors (Lipinski definition) is 7. The number of nitrogens with zero attached hydrogens (tertiary/aromatic N) is 4. The van der Waals surface area contributed by atoms with Gasteiger partial charge < -0.3 is 4.74 Å². The van der Waals surface area contributed by atoms with E-state index in [1.165, 1.54) is 46.9 Å². The quantitative estimate of drug-likeness (QED) is 0.401. The number of ether oxygens (including phenoxy) is 1. The molecular formula is C23H22N4O5S. The fourth-order valence-corrected chi connectivity index (χ4v) is 4.95. The molecule has 0 radical (unpaired) electrons. The summed E-state index contributed by atoms with van der Waals surface area (Å²) in [5.41, 5.74) is 1.55. The van der Waals surface area contributed by atoms with E-state index >= 15 is 0 Å². The number of benzene rings is 2. The molecule has 2 aromatic heterocycles. The molecule has 10 heteroatoms. The Morgan fingerprint density at radius 2 is 1.94 bits per heavy atom. The van der Waals surface area contributed by atoms with E-state index in [1.807, 2.05) is 13.0 Å². The van der Waals surface area contributed by atoms with Gasteiger partial charge in [-0.2, -0.15) is 10.2 Å². The van der Waals surface area contributed by atoms with Crippen LogP contribution in [-0.2, 0) is 34.6 Å². The standard InChI is InChI=1S/C23H22N4O5S/c1-4-15-6-5-7-19(23(29)32-3)20(15)14-27-22(28)18-9-8-17(12-16(18)13-24-27)33(30,31)21-10-11-26(2)25-21/h5-13H,4,14H2,1-3H3. The number of carbonyl (C=O) groups excluding carboxylic acids is 1. The van der Waals surface area contributed by atoms with Crippen molar-refractivity contribution in [3.8, 4) is 0 Å². The molecule has 0 spiro atoms. The summed E-state index contributed by atoms with van der Waals surface area (Å²) in [4.78, 5) is 25.4. The molecule has 0 fully saturated rings. The lowest BCUT2D eigenvalue weighted by molar-refractivity contribution is 0.0599. The predicted molar refractivity (Wildman–Crippen MR) is 121 cm³/mol. The van der Waals surface area contributed by atoms with Crippen molar-refractivity contribution in [2.75, 3.05) is 7.11 Å². The van der Waals surface area contributed by atoms with Crippen molar-refractivity contribution < 1.29 is 17.9 Å². The Bertz CT molecular complexity index is 1540. The van der Waals surface area contributed by atoms with E-state index in [0.29, 0.717) is 28.3 Å². The number of rotatable bonds is 6. The molecule has 2 heterocycles. The molecule has 0 N–H and O–H groups in total. The number of hydrogen-bond donors (Lipinski definition) is 0. The van der Waals surface area contributed by atoms with Gasteiger partial charge in [0.25, 0.3) is 5.56 Å². The molecule has 0 unspecified atom stereocenters. The molecule has 0 bridgehead atoms. The summed E-state index contributed by atoms with van der Waals surface area (Å²) >= 11 is 0. The largest absolute Gasteiger partial charge is 0.465 e. The summed E-state index contributed by atoms with van der Waals surface area (Å²) in [5.74, 6) is -0.487. The molecule has 0 saturated heterocycles. The molecule has 0 atom stereocenters. The molecule has 0 aliphatic rings. The highest BCUT2D eigenvalue weighted by molar-refractivity contribution is 7.91. The molecule has 0 aliphatic heterocycles. The highest BCUT2D eigenvalue weighted by atomic mass is 32.2. The van der Waals surface area contributed by atoms with Crippen molar-refractivity contribution in [2.24, 2.45) is 7.05 Å². The van der Waals surface area contributed by atoms with Gasteiger partial charge in [0.15, 0.2) is 5.03 Å². The second-order valence-corrected chi connectivity index (χ2v) is 9.37. The molecule has 33 heavy (non-hydrogen) atoms. The van der Waals surface area contributed by atoms with Crippen LogP contribution in [0.15, 0.2) is 69.6 Å². The van der Waals surface area contributed by atoms with E-state index in [0.717, 1.165) is 5.56 Å². The number of esters is 1. The molecule has 9 nitrogen and oxygen atoms in total. The topological polar surface area (TPSA) is 113 Å². The molecule has 0 saturated carbocycles. The Kier molecular flexibility index (Phi) is 5.86. The van der Waals surface area contributed by atoms with Crippen LogP contribution in [0.25, 0.3) is 10.8 Å². The smallest absolute Gasteiger partial charge is 0.338 e. The van der Waals surface area contributed by atoms with E-state index in [-0.39, 0.29) is 16.5 Å². The number of aromatic nitrogens is 4. The van der Waals surface area contributed by atoms with Gasteiger partial charge in [0.05, 0.1) is 35.7 Å². The van der Waals surface area contributed by atoms with Crippen LogP contribution in [0.3, 0.4) is 0 Å². The van der Waals surface area contributed by atoms with E-state index in [4.69, 9.17) is 4.74 Å². The highest BCUT2D eigenvalue weighted by Gasteiger charge is 2.22. The minimum atomic E-state index is -3.83. The first-order valence-corrected chi connectivity index (χ1v) is 11.7. The fourth-order valence-electron chi connectivity index (χ4n) is 3.71. The minimum Gasteiger partial charge on any atom is -0.465 e. The van der Waals surface area contributed by atoms with Crippen molar-refractivity contribution in [1.82, 2.24) is 19.6 Å². The third-order valence-corrected chi connectivity index (χ3v) is 7.11. The van der Waals surface area contributed by atoms with Crippen molar-refractivity contribution in [3.05, 3.63) is 81.9 Å². The van der Waals surface area contributed by atoms with Crippen molar-refractivity contribution in [2.45, 2.75) is 29.8 Å². The molecular weight excluding hydrogens is 444 g/mol. The van der Waals surface area contributed by atoms with E-state index < -0.39 is 21.4 Å². The monoisotopic (exact) mass is 466 g/mol. The van der Waals surface area contributed by atoms with Crippen LogP contribution < -0.4 is 5.56 Å². The maximum Gasteiger partial charge on any atom is 0.338 e. The molecule has 170 valence electrons. The summed E-state index contributed by atoms with van der Waals surface area (Å²) in [6, 6.07) is 11.0. The lowest BCUT2D eigenvalue weighted by Crippen LogP contribution is -2.25. The second kappa shape index (κ2) is 8.62. The molecule has 4 aromatic rings. The Morgan fingerprint density at radius 1 is 1.15 bits per heavy atom. The van der Waals surface area contributed by atoms with E-state index in [1.54, 1.807) is 25.4 Å². The average Bonchev–Trinajstić information content (AvgIpc) is 3.27. The van der Waals surface area contributed by atoms with Crippen LogP contribution in [0.1, 0.15) is 28.4 Å². The zero-order valence-electron chi connectivity index (χ0n) is 18.3. The zero-order valence-corrected chi connectivity index (χ0v) is 19.2. The normalized spacial score (nSPS) is 11.6. The first kappa shape index (κ1) is 22.4. The molecule has 0 amide bonds. The van der Waals surface area contributed by atoms with E-state index in [9.17, 15) is 18.0 Å². The second-order valence-electron chi connectivity index (χ2n) is 7.48. The predicted octanol–water partition coefficient (Wildman–Crippen LogP) is 2.36. The Hall–Kier alpha value is -3.79. The van der Waals surface area contributed by atoms with Crippen LogP contribution in [0, 0.1) is 0 Å². The first-order chi connectivity index (χ1) is 15.8. The van der Waals surface area contributed by atoms with Crippen LogP contribution in [0.5, 0.6) is 0 Å². The summed E-state index contributed by atoms with van der Waals surface area (Å²) < 4.78 is 33.3.